The second-order valence-corrected chi connectivity index (χ2v) is 9.82. The molecule has 0 bridgehead atoms. The quantitative estimate of drug-likeness (QED) is 0.310. The van der Waals surface area contributed by atoms with E-state index in [1.807, 2.05) is 18.2 Å². The van der Waals surface area contributed by atoms with E-state index in [-0.39, 0.29) is 12.5 Å². The highest BCUT2D eigenvalue weighted by Crippen LogP contribution is 2.39. The minimum Gasteiger partial charge on any atom is -0.493 e. The lowest BCUT2D eigenvalue weighted by atomic mass is 10.1. The van der Waals surface area contributed by atoms with Crippen LogP contribution in [0.1, 0.15) is 16.7 Å². The second-order valence-electron chi connectivity index (χ2n) is 7.15. The van der Waals surface area contributed by atoms with E-state index in [0.717, 1.165) is 11.1 Å². The van der Waals surface area contributed by atoms with Gasteiger partial charge in [-0.25, -0.2) is 4.99 Å². The zero-order valence-corrected chi connectivity index (χ0v) is 22.1. The fourth-order valence-corrected chi connectivity index (χ4v) is 4.94. The number of aliphatic imine (C=N–C) groups is 1. The van der Waals surface area contributed by atoms with Crippen molar-refractivity contribution in [3.05, 3.63) is 90.7 Å². The Morgan fingerprint density at radius 1 is 1.20 bits per heavy atom. The number of rotatable bonds is 6. The van der Waals surface area contributed by atoms with E-state index in [1.165, 1.54) is 18.9 Å². The largest absolute Gasteiger partial charge is 0.493 e. The number of amidine groups is 1. The summed E-state index contributed by atoms with van der Waals surface area (Å²) >= 11 is 17.0. The van der Waals surface area contributed by atoms with E-state index in [1.54, 1.807) is 42.5 Å². The van der Waals surface area contributed by atoms with Crippen LogP contribution in [0.3, 0.4) is 0 Å². The fraction of sp³-hybridized carbons (Fsp3) is 0.0800. The molecule has 1 aliphatic heterocycles. The number of benzene rings is 3. The maximum Gasteiger partial charge on any atom is 0.264 e. The van der Waals surface area contributed by atoms with Crippen molar-refractivity contribution < 1.29 is 14.3 Å². The van der Waals surface area contributed by atoms with Crippen LogP contribution in [0.5, 0.6) is 11.5 Å². The van der Waals surface area contributed by atoms with Gasteiger partial charge in [0.2, 0.25) is 0 Å². The molecule has 1 aliphatic rings. The second kappa shape index (κ2) is 11.2. The average molecular weight is 589 g/mol. The first-order valence-electron chi connectivity index (χ1n) is 10.1. The SMILES string of the molecule is COc1cc(/C=C2/SC(=Nc3cccc(Cl)c3Cl)NC2=O)cc(Br)c1OCc1ccccc1C#N. The molecule has 0 radical (unpaired) electrons. The van der Waals surface area contributed by atoms with Crippen LogP contribution in [0.15, 0.2) is 69.0 Å². The minimum atomic E-state index is -0.282. The van der Waals surface area contributed by atoms with E-state index in [4.69, 9.17) is 32.7 Å². The lowest BCUT2D eigenvalue weighted by Gasteiger charge is -2.14. The first-order valence-corrected chi connectivity index (χ1v) is 12.5. The predicted molar refractivity (Wildman–Crippen MR) is 143 cm³/mol. The first kappa shape index (κ1) is 25.1. The molecule has 35 heavy (non-hydrogen) atoms. The van der Waals surface area contributed by atoms with Crippen molar-refractivity contribution in [1.82, 2.24) is 5.32 Å². The van der Waals surface area contributed by atoms with Crippen LogP contribution >= 0.6 is 50.9 Å². The number of thioether (sulfide) groups is 1. The molecule has 176 valence electrons. The van der Waals surface area contributed by atoms with Crippen LogP contribution in [-0.4, -0.2) is 18.2 Å². The molecule has 0 atom stereocenters. The van der Waals surface area contributed by atoms with Gasteiger partial charge in [0.25, 0.3) is 5.91 Å². The minimum absolute atomic E-state index is 0.198. The summed E-state index contributed by atoms with van der Waals surface area (Å²) in [4.78, 5) is 17.4. The van der Waals surface area contributed by atoms with Gasteiger partial charge in [0.15, 0.2) is 16.7 Å². The molecular weight excluding hydrogens is 573 g/mol. The van der Waals surface area contributed by atoms with Crippen molar-refractivity contribution in [1.29, 1.82) is 5.26 Å². The van der Waals surface area contributed by atoms with Gasteiger partial charge in [0.1, 0.15) is 6.61 Å². The van der Waals surface area contributed by atoms with Gasteiger partial charge in [-0.15, -0.1) is 0 Å². The van der Waals surface area contributed by atoms with E-state index >= 15 is 0 Å². The van der Waals surface area contributed by atoms with E-state index < -0.39 is 0 Å². The lowest BCUT2D eigenvalue weighted by Crippen LogP contribution is -2.19. The zero-order valence-electron chi connectivity index (χ0n) is 18.1. The summed E-state index contributed by atoms with van der Waals surface area (Å²) in [5.41, 5.74) is 2.50. The molecule has 0 unspecified atom stereocenters. The number of nitriles is 1. The lowest BCUT2D eigenvalue weighted by molar-refractivity contribution is -0.115. The monoisotopic (exact) mass is 587 g/mol. The maximum atomic E-state index is 12.5. The van der Waals surface area contributed by atoms with Gasteiger partial charge in [0.05, 0.1) is 43.9 Å². The van der Waals surface area contributed by atoms with Gasteiger partial charge in [-0.1, -0.05) is 47.5 Å². The number of hydrogen-bond donors (Lipinski definition) is 1. The zero-order chi connectivity index (χ0) is 24.9. The number of methoxy groups -OCH3 is 1. The van der Waals surface area contributed by atoms with Gasteiger partial charge < -0.3 is 14.8 Å². The number of hydrogen-bond acceptors (Lipinski definition) is 6. The summed E-state index contributed by atoms with van der Waals surface area (Å²) < 4.78 is 12.1. The van der Waals surface area contributed by atoms with Crippen molar-refractivity contribution in [2.24, 2.45) is 4.99 Å². The summed E-state index contributed by atoms with van der Waals surface area (Å²) in [5.74, 6) is 0.683. The molecule has 1 N–H and O–H groups in total. The van der Waals surface area contributed by atoms with Gasteiger partial charge in [0, 0.05) is 5.56 Å². The molecule has 0 aliphatic carbocycles. The Morgan fingerprint density at radius 3 is 2.77 bits per heavy atom. The molecule has 0 spiro atoms. The molecule has 3 aromatic carbocycles. The smallest absolute Gasteiger partial charge is 0.264 e. The highest BCUT2D eigenvalue weighted by molar-refractivity contribution is 9.10. The van der Waals surface area contributed by atoms with Crippen LogP contribution < -0.4 is 14.8 Å². The highest BCUT2D eigenvalue weighted by atomic mass is 79.9. The Hall–Kier alpha value is -2.96. The molecule has 0 aromatic heterocycles. The Morgan fingerprint density at radius 2 is 2.00 bits per heavy atom. The van der Waals surface area contributed by atoms with Gasteiger partial charge in [-0.05, 0) is 69.7 Å². The molecule has 10 heteroatoms. The number of nitrogens with zero attached hydrogens (tertiary/aromatic N) is 2. The first-order chi connectivity index (χ1) is 16.9. The van der Waals surface area contributed by atoms with Gasteiger partial charge in [-0.2, -0.15) is 5.26 Å². The molecule has 1 heterocycles. The van der Waals surface area contributed by atoms with Crippen molar-refractivity contribution >= 4 is 73.7 Å². The number of carbonyl (C=O) groups excluding carboxylic acids is 1. The van der Waals surface area contributed by atoms with Crippen LogP contribution in [0.4, 0.5) is 5.69 Å². The summed E-state index contributed by atoms with van der Waals surface area (Å²) in [7, 11) is 1.53. The van der Waals surface area contributed by atoms with Crippen molar-refractivity contribution in [3.8, 4) is 17.6 Å². The van der Waals surface area contributed by atoms with Crippen molar-refractivity contribution in [3.63, 3.8) is 0 Å². The number of nitrogens with one attached hydrogen (secondary N) is 1. The maximum absolute atomic E-state index is 12.5. The third-order valence-corrected chi connectivity index (χ3v) is 7.17. The molecule has 4 rings (SSSR count). The van der Waals surface area contributed by atoms with Crippen molar-refractivity contribution in [2.45, 2.75) is 6.61 Å². The van der Waals surface area contributed by atoms with Crippen LogP contribution in [0, 0.1) is 11.3 Å². The third-order valence-electron chi connectivity index (χ3n) is 4.86. The number of amides is 1. The Labute approximate surface area is 224 Å². The fourth-order valence-electron chi connectivity index (χ4n) is 3.19. The summed E-state index contributed by atoms with van der Waals surface area (Å²) in [6.07, 6.45) is 1.73. The average Bonchev–Trinajstić information content (AvgIpc) is 3.19. The Bertz CT molecular complexity index is 1420. The third kappa shape index (κ3) is 5.82. The number of ether oxygens (including phenoxy) is 2. The van der Waals surface area contributed by atoms with Crippen molar-refractivity contribution in [2.75, 3.05) is 7.11 Å². The molecule has 3 aromatic rings. The normalized spacial score (nSPS) is 15.2. The topological polar surface area (TPSA) is 83.7 Å². The van der Waals surface area contributed by atoms with Crippen LogP contribution in [0.25, 0.3) is 6.08 Å². The summed E-state index contributed by atoms with van der Waals surface area (Å²) in [6.45, 7) is 0.198. The van der Waals surface area contributed by atoms with Crippen LogP contribution in [0.2, 0.25) is 10.0 Å². The van der Waals surface area contributed by atoms with E-state index in [2.05, 4.69) is 32.3 Å². The molecule has 0 saturated carbocycles. The van der Waals surface area contributed by atoms with E-state index in [9.17, 15) is 10.1 Å². The molecular formula is C25H16BrCl2N3O3S. The standard InChI is InChI=1S/C25H16BrCl2N3O3S/c1-33-20-10-14(9-17(26)23(20)34-13-16-6-3-2-5-15(16)12-29)11-21-24(32)31-25(35-21)30-19-8-4-7-18(27)22(19)28/h2-11H,13H2,1H3,(H,30,31,32)/b21-11+. The van der Waals surface area contributed by atoms with Gasteiger partial charge >= 0.3 is 0 Å². The van der Waals surface area contributed by atoms with Gasteiger partial charge in [-0.3, -0.25) is 4.79 Å². The number of carbonyl (C=O) groups is 1. The summed E-state index contributed by atoms with van der Waals surface area (Å²) in [5, 5.41) is 13.1. The molecule has 1 fully saturated rings. The predicted octanol–water partition coefficient (Wildman–Crippen LogP) is 7.11. The molecule has 1 saturated heterocycles. The molecule has 1 amide bonds. The highest BCUT2D eigenvalue weighted by Gasteiger charge is 2.25. The van der Waals surface area contributed by atoms with E-state index in [0.29, 0.717) is 47.3 Å². The summed E-state index contributed by atoms with van der Waals surface area (Å²) in [6, 6.07) is 18.1. The molecule has 6 nitrogen and oxygen atoms in total. The Kier molecular flexibility index (Phi) is 8.04. The van der Waals surface area contributed by atoms with Crippen LogP contribution in [-0.2, 0) is 11.4 Å². The Balaban J connectivity index is 1.56. The number of halogens is 3.